The SMILES string of the molecule is C=C(C(=O)N1C(=O)OC[C@@H]1c1ccccc1)C(C)(C)c1ccccc1. The minimum absolute atomic E-state index is 0.160. The van der Waals surface area contributed by atoms with Gasteiger partial charge in [-0.25, -0.2) is 9.69 Å². The van der Waals surface area contributed by atoms with Crippen LogP contribution in [0.5, 0.6) is 0 Å². The molecule has 0 N–H and O–H groups in total. The molecule has 0 aliphatic carbocycles. The third kappa shape index (κ3) is 3.07. The summed E-state index contributed by atoms with van der Waals surface area (Å²) in [5.41, 5.74) is 1.60. The van der Waals surface area contributed by atoms with Crippen molar-refractivity contribution in [1.82, 2.24) is 4.90 Å². The molecule has 4 nitrogen and oxygen atoms in total. The summed E-state index contributed by atoms with van der Waals surface area (Å²) in [6.07, 6.45) is -0.621. The van der Waals surface area contributed by atoms with Crippen LogP contribution in [0, 0.1) is 0 Å². The fourth-order valence-electron chi connectivity index (χ4n) is 3.01. The van der Waals surface area contributed by atoms with E-state index >= 15 is 0 Å². The quantitative estimate of drug-likeness (QED) is 0.785. The van der Waals surface area contributed by atoms with Crippen LogP contribution < -0.4 is 0 Å². The number of imide groups is 1. The van der Waals surface area contributed by atoms with Crippen molar-refractivity contribution >= 4 is 12.0 Å². The molecule has 25 heavy (non-hydrogen) atoms. The number of rotatable bonds is 4. The number of cyclic esters (lactones) is 1. The number of carbonyl (C=O) groups is 2. The first kappa shape index (κ1) is 17.0. The summed E-state index contributed by atoms with van der Waals surface area (Å²) in [5, 5.41) is 0. The van der Waals surface area contributed by atoms with Crippen molar-refractivity contribution in [3.8, 4) is 0 Å². The number of nitrogens with zero attached hydrogens (tertiary/aromatic N) is 1. The van der Waals surface area contributed by atoms with Gasteiger partial charge in [-0.05, 0) is 11.1 Å². The Balaban J connectivity index is 1.90. The van der Waals surface area contributed by atoms with E-state index in [1.54, 1.807) is 0 Å². The van der Waals surface area contributed by atoms with Gasteiger partial charge in [0.15, 0.2) is 0 Å². The maximum absolute atomic E-state index is 13.1. The van der Waals surface area contributed by atoms with E-state index in [1.807, 2.05) is 74.5 Å². The number of amides is 2. The summed E-state index contributed by atoms with van der Waals surface area (Å²) >= 11 is 0. The fourth-order valence-corrected chi connectivity index (χ4v) is 3.01. The zero-order valence-corrected chi connectivity index (χ0v) is 14.4. The molecule has 128 valence electrons. The molecular formula is C21H21NO3. The van der Waals surface area contributed by atoms with Crippen LogP contribution in [0.3, 0.4) is 0 Å². The standard InChI is InChI=1S/C21H21NO3/c1-15(21(2,3)17-12-8-5-9-13-17)19(23)22-18(14-25-20(22)24)16-10-6-4-7-11-16/h4-13,18H,1,14H2,2-3H3/t18-/m1/s1. The van der Waals surface area contributed by atoms with Crippen molar-refractivity contribution in [2.24, 2.45) is 0 Å². The van der Waals surface area contributed by atoms with Crippen molar-refractivity contribution in [3.05, 3.63) is 83.9 Å². The number of ether oxygens (including phenoxy) is 1. The molecule has 4 heteroatoms. The van der Waals surface area contributed by atoms with Gasteiger partial charge in [0.05, 0.1) is 0 Å². The van der Waals surface area contributed by atoms with Crippen LogP contribution in [0.4, 0.5) is 4.79 Å². The molecule has 2 aromatic carbocycles. The van der Waals surface area contributed by atoms with Crippen LogP contribution in [-0.4, -0.2) is 23.5 Å². The van der Waals surface area contributed by atoms with Gasteiger partial charge >= 0.3 is 6.09 Å². The van der Waals surface area contributed by atoms with E-state index in [4.69, 9.17) is 4.74 Å². The molecule has 0 radical (unpaired) electrons. The minimum Gasteiger partial charge on any atom is -0.446 e. The van der Waals surface area contributed by atoms with Crippen LogP contribution in [0.1, 0.15) is 31.0 Å². The monoisotopic (exact) mass is 335 g/mol. The molecule has 0 unspecified atom stereocenters. The lowest BCUT2D eigenvalue weighted by molar-refractivity contribution is -0.125. The second-order valence-corrected chi connectivity index (χ2v) is 6.65. The predicted molar refractivity (Wildman–Crippen MR) is 96.0 cm³/mol. The van der Waals surface area contributed by atoms with Crippen LogP contribution in [-0.2, 0) is 14.9 Å². The average Bonchev–Trinajstić information content (AvgIpc) is 3.03. The minimum atomic E-state index is -0.621. The molecule has 0 bridgehead atoms. The largest absolute Gasteiger partial charge is 0.446 e. The molecule has 0 spiro atoms. The molecule has 1 aliphatic rings. The maximum Gasteiger partial charge on any atom is 0.417 e. The topological polar surface area (TPSA) is 46.6 Å². The van der Waals surface area contributed by atoms with Gasteiger partial charge in [0.25, 0.3) is 5.91 Å². The molecule has 1 atom stereocenters. The molecule has 1 aliphatic heterocycles. The van der Waals surface area contributed by atoms with E-state index in [0.29, 0.717) is 5.57 Å². The molecule has 1 heterocycles. The highest BCUT2D eigenvalue weighted by Crippen LogP contribution is 2.35. The summed E-state index contributed by atoms with van der Waals surface area (Å²) < 4.78 is 5.15. The van der Waals surface area contributed by atoms with Gasteiger partial charge < -0.3 is 4.74 Å². The van der Waals surface area contributed by atoms with Gasteiger partial charge in [-0.2, -0.15) is 0 Å². The van der Waals surface area contributed by atoms with E-state index in [9.17, 15) is 9.59 Å². The lowest BCUT2D eigenvalue weighted by atomic mass is 9.77. The van der Waals surface area contributed by atoms with Gasteiger partial charge in [0, 0.05) is 11.0 Å². The number of benzene rings is 2. The van der Waals surface area contributed by atoms with Gasteiger partial charge in [-0.1, -0.05) is 81.1 Å². The Hall–Kier alpha value is -2.88. The van der Waals surface area contributed by atoms with Gasteiger partial charge in [-0.3, -0.25) is 4.79 Å². The molecule has 1 saturated heterocycles. The summed E-state index contributed by atoms with van der Waals surface area (Å²) in [7, 11) is 0. The smallest absolute Gasteiger partial charge is 0.417 e. The maximum atomic E-state index is 13.1. The molecule has 3 rings (SSSR count). The Labute approximate surface area is 147 Å². The van der Waals surface area contributed by atoms with Crippen LogP contribution in [0.2, 0.25) is 0 Å². The summed E-state index contributed by atoms with van der Waals surface area (Å²) in [4.78, 5) is 26.5. The number of hydrogen-bond acceptors (Lipinski definition) is 3. The van der Waals surface area contributed by atoms with E-state index in [0.717, 1.165) is 11.1 Å². The second kappa shape index (κ2) is 6.55. The van der Waals surface area contributed by atoms with Crippen LogP contribution >= 0.6 is 0 Å². The van der Waals surface area contributed by atoms with E-state index in [-0.39, 0.29) is 6.61 Å². The van der Waals surface area contributed by atoms with Crippen LogP contribution in [0.15, 0.2) is 72.8 Å². The van der Waals surface area contributed by atoms with Crippen molar-refractivity contribution < 1.29 is 14.3 Å². The number of carbonyl (C=O) groups excluding carboxylic acids is 2. The zero-order valence-electron chi connectivity index (χ0n) is 14.4. The molecule has 2 amide bonds. The van der Waals surface area contributed by atoms with Gasteiger partial charge in [-0.15, -0.1) is 0 Å². The van der Waals surface area contributed by atoms with Crippen molar-refractivity contribution in [1.29, 1.82) is 0 Å². The summed E-state index contributed by atoms with van der Waals surface area (Å²) in [5.74, 6) is -0.398. The van der Waals surface area contributed by atoms with Gasteiger partial charge in [0.2, 0.25) is 0 Å². The third-order valence-electron chi connectivity index (χ3n) is 4.78. The molecule has 0 saturated carbocycles. The average molecular weight is 335 g/mol. The second-order valence-electron chi connectivity index (χ2n) is 6.65. The Morgan fingerprint density at radius 2 is 1.64 bits per heavy atom. The highest BCUT2D eigenvalue weighted by atomic mass is 16.6. The predicted octanol–water partition coefficient (Wildman–Crippen LogP) is 4.24. The summed E-state index contributed by atoms with van der Waals surface area (Å²) in [6.45, 7) is 8.04. The third-order valence-corrected chi connectivity index (χ3v) is 4.78. The Kier molecular flexibility index (Phi) is 4.45. The van der Waals surface area contributed by atoms with Crippen molar-refractivity contribution in [2.45, 2.75) is 25.3 Å². The lowest BCUT2D eigenvalue weighted by Crippen LogP contribution is -2.39. The Bertz CT molecular complexity index is 796. The van der Waals surface area contributed by atoms with E-state index in [1.165, 1.54) is 4.90 Å². The van der Waals surface area contributed by atoms with Crippen molar-refractivity contribution in [2.75, 3.05) is 6.61 Å². The zero-order chi connectivity index (χ0) is 18.0. The molecule has 2 aromatic rings. The lowest BCUT2D eigenvalue weighted by Gasteiger charge is -2.30. The Morgan fingerprint density at radius 1 is 1.08 bits per heavy atom. The molecular weight excluding hydrogens is 314 g/mol. The van der Waals surface area contributed by atoms with Gasteiger partial charge in [0.1, 0.15) is 12.6 Å². The number of hydrogen-bond donors (Lipinski definition) is 0. The molecule has 1 fully saturated rings. The van der Waals surface area contributed by atoms with E-state index in [2.05, 4.69) is 6.58 Å². The highest BCUT2D eigenvalue weighted by Gasteiger charge is 2.42. The first-order valence-corrected chi connectivity index (χ1v) is 8.23. The normalized spacial score (nSPS) is 17.3. The van der Waals surface area contributed by atoms with Crippen LogP contribution in [0.25, 0.3) is 0 Å². The Morgan fingerprint density at radius 3 is 2.24 bits per heavy atom. The van der Waals surface area contributed by atoms with E-state index < -0.39 is 23.5 Å². The first-order chi connectivity index (χ1) is 11.9. The molecule has 0 aromatic heterocycles. The first-order valence-electron chi connectivity index (χ1n) is 8.23. The van der Waals surface area contributed by atoms with Crippen molar-refractivity contribution in [3.63, 3.8) is 0 Å². The summed E-state index contributed by atoms with van der Waals surface area (Å²) in [6, 6.07) is 18.7. The highest BCUT2D eigenvalue weighted by molar-refractivity contribution is 6.04. The fraction of sp³-hybridized carbons (Fsp3) is 0.238.